The van der Waals surface area contributed by atoms with Gasteiger partial charge in [-0.3, -0.25) is 9.69 Å². The first-order valence-corrected chi connectivity index (χ1v) is 14.8. The van der Waals surface area contributed by atoms with Gasteiger partial charge in [0, 0.05) is 45.2 Å². The Balaban J connectivity index is 1.04. The highest BCUT2D eigenvalue weighted by Crippen LogP contribution is 2.30. The van der Waals surface area contributed by atoms with E-state index >= 15 is 0 Å². The highest BCUT2D eigenvalue weighted by Gasteiger charge is 2.29. The van der Waals surface area contributed by atoms with Crippen molar-refractivity contribution in [2.75, 3.05) is 31.1 Å². The summed E-state index contributed by atoms with van der Waals surface area (Å²) in [5.41, 5.74) is 1.84. The summed E-state index contributed by atoms with van der Waals surface area (Å²) in [5, 5.41) is 3.24. The van der Waals surface area contributed by atoms with Crippen molar-refractivity contribution >= 4 is 22.9 Å². The van der Waals surface area contributed by atoms with E-state index in [1.807, 2.05) is 6.07 Å². The minimum absolute atomic E-state index is 0.0248. The molecular weight excluding hydrogens is 478 g/mol. The summed E-state index contributed by atoms with van der Waals surface area (Å²) in [7, 11) is 0. The van der Waals surface area contributed by atoms with Crippen LogP contribution in [0, 0.1) is 5.92 Å². The molecule has 9 heteroatoms. The van der Waals surface area contributed by atoms with Crippen LogP contribution in [0.3, 0.4) is 0 Å². The van der Waals surface area contributed by atoms with Gasteiger partial charge in [0.05, 0.1) is 18.7 Å². The van der Waals surface area contributed by atoms with E-state index in [1.165, 1.54) is 44.9 Å². The molecule has 0 spiro atoms. The molecule has 2 fully saturated rings. The molecule has 1 N–H and O–H groups in total. The van der Waals surface area contributed by atoms with Crippen LogP contribution < -0.4 is 10.2 Å². The molecule has 3 aromatic rings. The summed E-state index contributed by atoms with van der Waals surface area (Å²) < 4.78 is 7.90. The molecule has 6 rings (SSSR count). The molecule has 3 aliphatic rings. The van der Waals surface area contributed by atoms with E-state index in [9.17, 15) is 4.79 Å². The van der Waals surface area contributed by atoms with Crippen molar-refractivity contribution in [3.63, 3.8) is 0 Å². The fraction of sp³-hybridized carbons (Fsp3) is 0.655. The first-order chi connectivity index (χ1) is 18.8. The number of nitrogens with one attached hydrogen (secondary N) is 1. The van der Waals surface area contributed by atoms with Gasteiger partial charge in [-0.25, -0.2) is 15.0 Å². The molecule has 204 valence electrons. The number of rotatable bonds is 9. The van der Waals surface area contributed by atoms with E-state index in [4.69, 9.17) is 9.40 Å². The monoisotopic (exact) mass is 519 g/mol. The second-order valence-corrected chi connectivity index (χ2v) is 11.3. The molecule has 1 unspecified atom stereocenters. The van der Waals surface area contributed by atoms with Crippen molar-refractivity contribution in [1.29, 1.82) is 0 Å². The van der Waals surface area contributed by atoms with Gasteiger partial charge in [-0.05, 0) is 57.1 Å². The van der Waals surface area contributed by atoms with Crippen LogP contribution in [-0.2, 0) is 24.3 Å². The van der Waals surface area contributed by atoms with Crippen molar-refractivity contribution in [3.05, 3.63) is 36.3 Å². The van der Waals surface area contributed by atoms with E-state index in [0.717, 1.165) is 80.4 Å². The van der Waals surface area contributed by atoms with E-state index in [2.05, 4.69) is 35.7 Å². The Hall–Kier alpha value is -2.94. The zero-order valence-electron chi connectivity index (χ0n) is 22.5. The number of furan rings is 1. The molecule has 1 saturated carbocycles. The van der Waals surface area contributed by atoms with Gasteiger partial charge in [0.25, 0.3) is 0 Å². The number of carbonyl (C=O) groups is 1. The van der Waals surface area contributed by atoms with Gasteiger partial charge in [0.1, 0.15) is 17.9 Å². The Morgan fingerprint density at radius 3 is 2.87 bits per heavy atom. The number of aryl methyl sites for hydroxylation is 2. The molecule has 0 bridgehead atoms. The lowest BCUT2D eigenvalue weighted by atomic mass is 9.97. The fourth-order valence-corrected chi connectivity index (χ4v) is 6.64. The number of aromatic nitrogens is 4. The summed E-state index contributed by atoms with van der Waals surface area (Å²) >= 11 is 0. The third kappa shape index (κ3) is 5.58. The number of piperidine rings is 1. The maximum Gasteiger partial charge on any atom is 0.224 e. The van der Waals surface area contributed by atoms with Gasteiger partial charge in [0.15, 0.2) is 17.0 Å². The van der Waals surface area contributed by atoms with Gasteiger partial charge >= 0.3 is 0 Å². The number of amides is 1. The fourth-order valence-electron chi connectivity index (χ4n) is 6.64. The van der Waals surface area contributed by atoms with Gasteiger partial charge in [-0.15, -0.1) is 0 Å². The van der Waals surface area contributed by atoms with Crippen LogP contribution in [0.15, 0.2) is 29.1 Å². The van der Waals surface area contributed by atoms with Crippen molar-refractivity contribution in [3.8, 4) is 0 Å². The zero-order valence-corrected chi connectivity index (χ0v) is 22.5. The van der Waals surface area contributed by atoms with E-state index in [0.29, 0.717) is 19.1 Å². The van der Waals surface area contributed by atoms with E-state index < -0.39 is 0 Å². The van der Waals surface area contributed by atoms with Crippen LogP contribution in [0.25, 0.3) is 11.2 Å². The smallest absolute Gasteiger partial charge is 0.224 e. The lowest BCUT2D eigenvalue weighted by Crippen LogP contribution is -2.44. The quantitative estimate of drug-likeness (QED) is 0.421. The summed E-state index contributed by atoms with van der Waals surface area (Å²) in [6.45, 7) is 5.11. The standard InChI is InChI=1S/C29H41N7O2/c37-29(30-14-8-16-34(23-10-3-4-11-23)20-24-12-7-18-38-24)22-9-6-15-35(19-22)27-26-28(32-21-31-27)36-17-5-1-2-13-25(36)33-26/h7,12,18,21-23H,1-6,8-11,13-17,19-20H2,(H,30,37). The zero-order chi connectivity index (χ0) is 25.7. The molecule has 38 heavy (non-hydrogen) atoms. The first-order valence-electron chi connectivity index (χ1n) is 14.8. The Kier molecular flexibility index (Phi) is 7.90. The molecular formula is C29H41N7O2. The van der Waals surface area contributed by atoms with Crippen LogP contribution >= 0.6 is 0 Å². The molecule has 1 aliphatic carbocycles. The average molecular weight is 520 g/mol. The highest BCUT2D eigenvalue weighted by atomic mass is 16.3. The third-order valence-electron chi connectivity index (χ3n) is 8.67. The number of nitrogens with zero attached hydrogens (tertiary/aromatic N) is 6. The van der Waals surface area contributed by atoms with Crippen LogP contribution in [0.4, 0.5) is 5.82 Å². The number of carbonyl (C=O) groups excluding carboxylic acids is 1. The summed E-state index contributed by atoms with van der Waals surface area (Å²) in [6.07, 6.45) is 16.0. The molecule has 3 aromatic heterocycles. The van der Waals surface area contributed by atoms with Crippen molar-refractivity contribution in [2.24, 2.45) is 5.92 Å². The topological polar surface area (TPSA) is 92.3 Å². The average Bonchev–Trinajstić information content (AvgIpc) is 3.70. The predicted molar refractivity (Wildman–Crippen MR) is 147 cm³/mol. The molecule has 5 heterocycles. The first kappa shape index (κ1) is 25.3. The van der Waals surface area contributed by atoms with Crippen LogP contribution in [0.2, 0.25) is 0 Å². The highest BCUT2D eigenvalue weighted by molar-refractivity contribution is 5.85. The minimum atomic E-state index is -0.0248. The maximum atomic E-state index is 13.2. The SMILES string of the molecule is O=C(NCCCN(Cc1ccco1)C1CCCC1)C1CCCN(c2ncnc3c2nc2n3CCCCC2)C1. The van der Waals surface area contributed by atoms with Gasteiger partial charge in [0.2, 0.25) is 5.91 Å². The minimum Gasteiger partial charge on any atom is -0.468 e. The summed E-state index contributed by atoms with van der Waals surface area (Å²) in [5.74, 6) is 3.18. The molecule has 2 aliphatic heterocycles. The Bertz CT molecular complexity index is 1200. The van der Waals surface area contributed by atoms with Gasteiger partial charge < -0.3 is 19.2 Å². The molecule has 0 aromatic carbocycles. The van der Waals surface area contributed by atoms with Gasteiger partial charge in [-0.2, -0.15) is 0 Å². The van der Waals surface area contributed by atoms with Crippen LogP contribution in [0.1, 0.15) is 75.8 Å². The number of hydrogen-bond donors (Lipinski definition) is 1. The lowest BCUT2D eigenvalue weighted by Gasteiger charge is -2.33. The number of imidazole rings is 1. The second-order valence-electron chi connectivity index (χ2n) is 11.3. The number of fused-ring (bicyclic) bond motifs is 3. The van der Waals surface area contributed by atoms with E-state index in [1.54, 1.807) is 12.6 Å². The number of anilines is 1. The van der Waals surface area contributed by atoms with Crippen LogP contribution in [-0.4, -0.2) is 62.5 Å². The van der Waals surface area contributed by atoms with Crippen molar-refractivity contribution < 1.29 is 9.21 Å². The predicted octanol–water partition coefficient (Wildman–Crippen LogP) is 4.31. The molecule has 0 radical (unpaired) electrons. The van der Waals surface area contributed by atoms with Crippen molar-refractivity contribution in [2.45, 2.75) is 89.8 Å². The maximum absolute atomic E-state index is 13.2. The normalized spacial score (nSPS) is 20.7. The molecule has 1 amide bonds. The molecule has 1 atom stereocenters. The molecule has 1 saturated heterocycles. The van der Waals surface area contributed by atoms with Crippen LogP contribution in [0.5, 0.6) is 0 Å². The summed E-state index contributed by atoms with van der Waals surface area (Å²) in [4.78, 5) is 32.2. The summed E-state index contributed by atoms with van der Waals surface area (Å²) in [6, 6.07) is 4.65. The Morgan fingerprint density at radius 1 is 1.08 bits per heavy atom. The Morgan fingerprint density at radius 2 is 2.00 bits per heavy atom. The number of hydrogen-bond acceptors (Lipinski definition) is 7. The van der Waals surface area contributed by atoms with E-state index in [-0.39, 0.29) is 11.8 Å². The largest absolute Gasteiger partial charge is 0.468 e. The third-order valence-corrected chi connectivity index (χ3v) is 8.67. The second kappa shape index (κ2) is 11.8. The molecule has 9 nitrogen and oxygen atoms in total. The Labute approximate surface area is 225 Å². The van der Waals surface area contributed by atoms with Crippen molar-refractivity contribution in [1.82, 2.24) is 29.7 Å². The van der Waals surface area contributed by atoms with Gasteiger partial charge in [-0.1, -0.05) is 19.3 Å². The lowest BCUT2D eigenvalue weighted by molar-refractivity contribution is -0.125.